The number of hydrogen-bond acceptors (Lipinski definition) is 2. The molecular weight excluding hydrogens is 336 g/mol. The molecule has 0 saturated heterocycles. The molecule has 2 amide bonds. The topological polar surface area (TPSA) is 58.2 Å². The highest BCUT2D eigenvalue weighted by molar-refractivity contribution is 6.09. The number of allylic oxidation sites excluding steroid dienone is 1. The predicted molar refractivity (Wildman–Crippen MR) is 112 cm³/mol. The molecule has 0 atom stereocenters. The number of nitrogens with one attached hydrogen (secondary N) is 2. The van der Waals surface area contributed by atoms with E-state index in [0.29, 0.717) is 12.2 Å². The van der Waals surface area contributed by atoms with Crippen molar-refractivity contribution in [3.8, 4) is 0 Å². The first-order valence-corrected chi connectivity index (χ1v) is 9.99. The van der Waals surface area contributed by atoms with Gasteiger partial charge in [-0.3, -0.25) is 9.59 Å². The molecule has 0 unspecified atom stereocenters. The van der Waals surface area contributed by atoms with Crippen LogP contribution in [0.3, 0.4) is 0 Å². The summed E-state index contributed by atoms with van der Waals surface area (Å²) in [5.41, 5.74) is 2.28. The standard InChI is InChI=1S/C23H34N2O2/c1-22(2,3)18-11-13-19(14-12-18)25-21(27)23(4,5)20(26)24-16-15-17-9-7-6-8-10-17/h9,11-14H,6-8,10,15-16H2,1-5H3,(H,24,26)(H,25,27). The summed E-state index contributed by atoms with van der Waals surface area (Å²) in [4.78, 5) is 25.2. The summed E-state index contributed by atoms with van der Waals surface area (Å²) in [6, 6.07) is 7.81. The van der Waals surface area contributed by atoms with Crippen molar-refractivity contribution >= 4 is 17.5 Å². The largest absolute Gasteiger partial charge is 0.355 e. The van der Waals surface area contributed by atoms with E-state index < -0.39 is 5.41 Å². The first-order chi connectivity index (χ1) is 12.6. The Hall–Kier alpha value is -2.10. The Bertz CT molecular complexity index is 694. The van der Waals surface area contributed by atoms with Crippen molar-refractivity contribution < 1.29 is 9.59 Å². The Kier molecular flexibility index (Phi) is 6.85. The number of carbonyl (C=O) groups excluding carboxylic acids is 2. The molecule has 0 saturated carbocycles. The van der Waals surface area contributed by atoms with Crippen LogP contribution in [0.1, 0.15) is 72.3 Å². The monoisotopic (exact) mass is 370 g/mol. The lowest BCUT2D eigenvalue weighted by atomic mass is 9.87. The Labute approximate surface area is 163 Å². The molecule has 0 heterocycles. The van der Waals surface area contributed by atoms with Gasteiger partial charge in [-0.25, -0.2) is 0 Å². The summed E-state index contributed by atoms with van der Waals surface area (Å²) >= 11 is 0. The van der Waals surface area contributed by atoms with E-state index in [1.165, 1.54) is 24.0 Å². The van der Waals surface area contributed by atoms with Gasteiger partial charge in [0.05, 0.1) is 0 Å². The second-order valence-corrected chi connectivity index (χ2v) is 9.02. The fourth-order valence-electron chi connectivity index (χ4n) is 3.13. The number of hydrogen-bond donors (Lipinski definition) is 2. The molecule has 148 valence electrons. The van der Waals surface area contributed by atoms with E-state index in [2.05, 4.69) is 37.5 Å². The lowest BCUT2D eigenvalue weighted by molar-refractivity contribution is -0.138. The molecule has 0 aromatic heterocycles. The summed E-state index contributed by atoms with van der Waals surface area (Å²) in [7, 11) is 0. The van der Waals surface area contributed by atoms with Crippen molar-refractivity contribution in [1.82, 2.24) is 5.32 Å². The Morgan fingerprint density at radius 3 is 2.19 bits per heavy atom. The van der Waals surface area contributed by atoms with Crippen molar-refractivity contribution in [3.63, 3.8) is 0 Å². The molecule has 2 rings (SSSR count). The quantitative estimate of drug-likeness (QED) is 0.549. The number of benzene rings is 1. The number of rotatable bonds is 6. The zero-order chi connectivity index (χ0) is 20.1. The number of amides is 2. The Balaban J connectivity index is 1.89. The van der Waals surface area contributed by atoms with Crippen LogP contribution >= 0.6 is 0 Å². The molecule has 0 bridgehead atoms. The van der Waals surface area contributed by atoms with Crippen molar-refractivity contribution in [2.24, 2.45) is 5.41 Å². The summed E-state index contributed by atoms with van der Waals surface area (Å²) in [5.74, 6) is -0.525. The van der Waals surface area contributed by atoms with Gasteiger partial charge in [0.2, 0.25) is 11.8 Å². The van der Waals surface area contributed by atoms with Crippen LogP contribution in [-0.2, 0) is 15.0 Å². The fraction of sp³-hybridized carbons (Fsp3) is 0.565. The molecule has 1 aromatic rings. The van der Waals surface area contributed by atoms with E-state index in [4.69, 9.17) is 0 Å². The van der Waals surface area contributed by atoms with Gasteiger partial charge in [-0.1, -0.05) is 44.6 Å². The lowest BCUT2D eigenvalue weighted by Gasteiger charge is -2.24. The number of anilines is 1. The highest BCUT2D eigenvalue weighted by atomic mass is 16.2. The Morgan fingerprint density at radius 2 is 1.63 bits per heavy atom. The van der Waals surface area contributed by atoms with Gasteiger partial charge in [0.25, 0.3) is 0 Å². The minimum absolute atomic E-state index is 0.0649. The van der Waals surface area contributed by atoms with Crippen LogP contribution in [0, 0.1) is 5.41 Å². The van der Waals surface area contributed by atoms with Crippen molar-refractivity contribution in [1.29, 1.82) is 0 Å². The van der Waals surface area contributed by atoms with E-state index in [1.54, 1.807) is 13.8 Å². The fourth-order valence-corrected chi connectivity index (χ4v) is 3.13. The van der Waals surface area contributed by atoms with Crippen LogP contribution in [-0.4, -0.2) is 18.4 Å². The molecule has 4 heteroatoms. The van der Waals surface area contributed by atoms with Crippen LogP contribution in [0.25, 0.3) is 0 Å². The second-order valence-electron chi connectivity index (χ2n) is 9.02. The average Bonchev–Trinajstić information content (AvgIpc) is 2.62. The van der Waals surface area contributed by atoms with Gasteiger partial charge in [0.1, 0.15) is 5.41 Å². The molecule has 27 heavy (non-hydrogen) atoms. The third kappa shape index (κ3) is 5.95. The zero-order valence-corrected chi connectivity index (χ0v) is 17.4. The minimum Gasteiger partial charge on any atom is -0.355 e. The van der Waals surface area contributed by atoms with Gasteiger partial charge in [-0.05, 0) is 69.1 Å². The molecular formula is C23H34N2O2. The maximum Gasteiger partial charge on any atom is 0.239 e. The van der Waals surface area contributed by atoms with Gasteiger partial charge >= 0.3 is 0 Å². The highest BCUT2D eigenvalue weighted by Crippen LogP contribution is 2.25. The van der Waals surface area contributed by atoms with Crippen molar-refractivity contribution in [2.45, 2.75) is 72.1 Å². The third-order valence-corrected chi connectivity index (χ3v) is 5.26. The highest BCUT2D eigenvalue weighted by Gasteiger charge is 2.35. The lowest BCUT2D eigenvalue weighted by Crippen LogP contribution is -2.45. The first kappa shape index (κ1) is 21.2. The summed E-state index contributed by atoms with van der Waals surface area (Å²) in [6.45, 7) is 10.4. The van der Waals surface area contributed by atoms with Gasteiger partial charge < -0.3 is 10.6 Å². The summed E-state index contributed by atoms with van der Waals surface area (Å²) < 4.78 is 0. The molecule has 1 aliphatic carbocycles. The van der Waals surface area contributed by atoms with Crippen LogP contribution in [0.2, 0.25) is 0 Å². The van der Waals surface area contributed by atoms with Crippen LogP contribution in [0.5, 0.6) is 0 Å². The van der Waals surface area contributed by atoms with Crippen LogP contribution < -0.4 is 10.6 Å². The molecule has 2 N–H and O–H groups in total. The summed E-state index contributed by atoms with van der Waals surface area (Å²) in [5, 5.41) is 5.80. The van der Waals surface area contributed by atoms with Gasteiger partial charge in [-0.2, -0.15) is 0 Å². The molecule has 0 fully saturated rings. The smallest absolute Gasteiger partial charge is 0.239 e. The van der Waals surface area contributed by atoms with E-state index in [-0.39, 0.29) is 17.2 Å². The molecule has 0 aliphatic heterocycles. The SMILES string of the molecule is CC(C)(C(=O)NCCC1=CCCCC1)C(=O)Nc1ccc(C(C)(C)C)cc1. The molecule has 1 aromatic carbocycles. The molecule has 4 nitrogen and oxygen atoms in total. The molecule has 0 spiro atoms. The maximum absolute atomic E-state index is 12.6. The predicted octanol–water partition coefficient (Wildman–Crippen LogP) is 4.96. The molecule has 0 radical (unpaired) electrons. The van der Waals surface area contributed by atoms with E-state index in [1.807, 2.05) is 24.3 Å². The molecule has 1 aliphatic rings. The minimum atomic E-state index is -1.12. The maximum atomic E-state index is 12.6. The summed E-state index contributed by atoms with van der Waals surface area (Å²) in [6.07, 6.45) is 7.93. The van der Waals surface area contributed by atoms with E-state index in [9.17, 15) is 9.59 Å². The normalized spacial score (nSPS) is 15.1. The van der Waals surface area contributed by atoms with Gasteiger partial charge in [0, 0.05) is 12.2 Å². The average molecular weight is 371 g/mol. The zero-order valence-electron chi connectivity index (χ0n) is 17.4. The number of carbonyl (C=O) groups is 2. The Morgan fingerprint density at radius 1 is 0.963 bits per heavy atom. The van der Waals surface area contributed by atoms with E-state index >= 15 is 0 Å². The third-order valence-electron chi connectivity index (χ3n) is 5.26. The van der Waals surface area contributed by atoms with Crippen LogP contribution in [0.15, 0.2) is 35.9 Å². The first-order valence-electron chi connectivity index (χ1n) is 9.99. The van der Waals surface area contributed by atoms with E-state index in [0.717, 1.165) is 19.3 Å². The van der Waals surface area contributed by atoms with Crippen LogP contribution in [0.4, 0.5) is 5.69 Å². The van der Waals surface area contributed by atoms with Crippen molar-refractivity contribution in [2.75, 3.05) is 11.9 Å². The van der Waals surface area contributed by atoms with Gasteiger partial charge in [-0.15, -0.1) is 0 Å². The van der Waals surface area contributed by atoms with Gasteiger partial charge in [0.15, 0.2) is 0 Å². The van der Waals surface area contributed by atoms with Crippen molar-refractivity contribution in [3.05, 3.63) is 41.5 Å². The second kappa shape index (κ2) is 8.73.